The third-order valence-corrected chi connectivity index (χ3v) is 1.98. The minimum atomic E-state index is 0.655. The SMILES string of the molecule is C=C(C)c1cc(Br)cc(C#N)c1.CC. The number of nitriles is 1. The maximum absolute atomic E-state index is 8.67. The van der Waals surface area contributed by atoms with Gasteiger partial charge in [0.05, 0.1) is 11.6 Å². The van der Waals surface area contributed by atoms with Crippen molar-refractivity contribution in [2.24, 2.45) is 0 Å². The maximum atomic E-state index is 8.67. The molecule has 0 bridgehead atoms. The fourth-order valence-corrected chi connectivity index (χ4v) is 1.39. The molecule has 1 aromatic carbocycles. The highest BCUT2D eigenvalue weighted by molar-refractivity contribution is 9.10. The van der Waals surface area contributed by atoms with Crippen LogP contribution >= 0.6 is 15.9 Å². The van der Waals surface area contributed by atoms with Crippen molar-refractivity contribution in [2.45, 2.75) is 20.8 Å². The van der Waals surface area contributed by atoms with E-state index in [1.165, 1.54) is 0 Å². The van der Waals surface area contributed by atoms with Crippen LogP contribution in [0, 0.1) is 11.3 Å². The lowest BCUT2D eigenvalue weighted by atomic mass is 10.1. The Labute approximate surface area is 94.2 Å². The predicted octanol–water partition coefficient (Wildman–Crippen LogP) is 4.38. The van der Waals surface area contributed by atoms with Crippen LogP contribution in [0.15, 0.2) is 29.3 Å². The second-order valence-electron chi connectivity index (χ2n) is 2.62. The van der Waals surface area contributed by atoms with Gasteiger partial charge in [-0.25, -0.2) is 0 Å². The minimum Gasteiger partial charge on any atom is -0.192 e. The van der Waals surface area contributed by atoms with E-state index in [4.69, 9.17) is 5.26 Å². The number of halogens is 1. The van der Waals surface area contributed by atoms with Crippen LogP contribution in [0.5, 0.6) is 0 Å². The summed E-state index contributed by atoms with van der Waals surface area (Å²) in [4.78, 5) is 0. The number of benzene rings is 1. The zero-order chi connectivity index (χ0) is 11.1. The second kappa shape index (κ2) is 6.39. The van der Waals surface area contributed by atoms with Crippen LogP contribution in [-0.2, 0) is 0 Å². The van der Waals surface area contributed by atoms with Crippen LogP contribution in [-0.4, -0.2) is 0 Å². The Bertz CT molecular complexity index is 361. The topological polar surface area (TPSA) is 23.8 Å². The standard InChI is InChI=1S/C10H8BrN.C2H6/c1-7(2)9-3-8(6-12)4-10(11)5-9;1-2/h3-5H,1H2,2H3;1-2H3. The van der Waals surface area contributed by atoms with E-state index in [1.807, 2.05) is 32.9 Å². The van der Waals surface area contributed by atoms with Gasteiger partial charge in [0.2, 0.25) is 0 Å². The van der Waals surface area contributed by atoms with Crippen molar-refractivity contribution in [1.82, 2.24) is 0 Å². The largest absolute Gasteiger partial charge is 0.192 e. The van der Waals surface area contributed by atoms with Crippen molar-refractivity contribution in [3.05, 3.63) is 40.4 Å². The highest BCUT2D eigenvalue weighted by Crippen LogP contribution is 2.19. The van der Waals surface area contributed by atoms with Gasteiger partial charge in [-0.05, 0) is 30.7 Å². The van der Waals surface area contributed by atoms with Gasteiger partial charge in [-0.1, -0.05) is 41.9 Å². The number of hydrogen-bond donors (Lipinski definition) is 0. The van der Waals surface area contributed by atoms with E-state index in [2.05, 4.69) is 28.6 Å². The first-order chi connectivity index (χ1) is 6.63. The second-order valence-corrected chi connectivity index (χ2v) is 3.54. The van der Waals surface area contributed by atoms with Gasteiger partial charge in [0.15, 0.2) is 0 Å². The Kier molecular flexibility index (Phi) is 5.91. The van der Waals surface area contributed by atoms with Crippen LogP contribution in [0.1, 0.15) is 31.9 Å². The van der Waals surface area contributed by atoms with E-state index in [0.29, 0.717) is 5.56 Å². The molecular formula is C12H14BrN. The van der Waals surface area contributed by atoms with Crippen LogP contribution < -0.4 is 0 Å². The number of nitrogens with zero attached hydrogens (tertiary/aromatic N) is 1. The molecule has 0 heterocycles. The van der Waals surface area contributed by atoms with Crippen LogP contribution in [0.2, 0.25) is 0 Å². The summed E-state index contributed by atoms with van der Waals surface area (Å²) in [6.07, 6.45) is 0. The minimum absolute atomic E-state index is 0.655. The fraction of sp³-hybridized carbons (Fsp3) is 0.250. The van der Waals surface area contributed by atoms with Crippen molar-refractivity contribution in [3.8, 4) is 6.07 Å². The lowest BCUT2D eigenvalue weighted by Crippen LogP contribution is -1.81. The first kappa shape index (κ1) is 12.9. The maximum Gasteiger partial charge on any atom is 0.0992 e. The number of allylic oxidation sites excluding steroid dienone is 1. The van der Waals surface area contributed by atoms with Gasteiger partial charge in [0.25, 0.3) is 0 Å². The zero-order valence-electron chi connectivity index (χ0n) is 8.76. The van der Waals surface area contributed by atoms with E-state index < -0.39 is 0 Å². The molecule has 0 saturated heterocycles. The molecule has 0 aliphatic rings. The average molecular weight is 252 g/mol. The van der Waals surface area contributed by atoms with E-state index >= 15 is 0 Å². The van der Waals surface area contributed by atoms with Gasteiger partial charge < -0.3 is 0 Å². The Balaban J connectivity index is 0.000000791. The molecule has 0 atom stereocenters. The summed E-state index contributed by atoms with van der Waals surface area (Å²) < 4.78 is 0.916. The molecule has 0 aromatic heterocycles. The Morgan fingerprint density at radius 3 is 2.36 bits per heavy atom. The molecular weight excluding hydrogens is 238 g/mol. The molecule has 74 valence electrons. The molecule has 0 radical (unpaired) electrons. The molecule has 0 N–H and O–H groups in total. The number of hydrogen-bond acceptors (Lipinski definition) is 1. The third-order valence-electron chi connectivity index (χ3n) is 1.52. The lowest BCUT2D eigenvalue weighted by molar-refractivity contribution is 1.45. The van der Waals surface area contributed by atoms with E-state index in [0.717, 1.165) is 15.6 Å². The smallest absolute Gasteiger partial charge is 0.0992 e. The molecule has 0 spiro atoms. The highest BCUT2D eigenvalue weighted by Gasteiger charge is 1.98. The first-order valence-electron chi connectivity index (χ1n) is 4.50. The van der Waals surface area contributed by atoms with Crippen LogP contribution in [0.4, 0.5) is 0 Å². The van der Waals surface area contributed by atoms with E-state index in [1.54, 1.807) is 6.07 Å². The van der Waals surface area contributed by atoms with Crippen LogP contribution in [0.25, 0.3) is 5.57 Å². The summed E-state index contributed by atoms with van der Waals surface area (Å²) in [5.41, 5.74) is 2.62. The van der Waals surface area contributed by atoms with Crippen LogP contribution in [0.3, 0.4) is 0 Å². The van der Waals surface area contributed by atoms with Gasteiger partial charge in [0, 0.05) is 4.47 Å². The lowest BCUT2D eigenvalue weighted by Gasteiger charge is -2.00. The Morgan fingerprint density at radius 1 is 1.36 bits per heavy atom. The van der Waals surface area contributed by atoms with Crippen molar-refractivity contribution in [1.29, 1.82) is 5.26 Å². The zero-order valence-corrected chi connectivity index (χ0v) is 10.4. The molecule has 0 saturated carbocycles. The number of rotatable bonds is 1. The molecule has 1 nitrogen and oxygen atoms in total. The van der Waals surface area contributed by atoms with Gasteiger partial charge in [-0.3, -0.25) is 0 Å². The molecule has 0 fully saturated rings. The van der Waals surface area contributed by atoms with E-state index in [9.17, 15) is 0 Å². The molecule has 0 aliphatic heterocycles. The van der Waals surface area contributed by atoms with Gasteiger partial charge in [0.1, 0.15) is 0 Å². The van der Waals surface area contributed by atoms with Gasteiger partial charge in [-0.15, -0.1) is 0 Å². The van der Waals surface area contributed by atoms with E-state index in [-0.39, 0.29) is 0 Å². The van der Waals surface area contributed by atoms with Crippen molar-refractivity contribution in [2.75, 3.05) is 0 Å². The summed E-state index contributed by atoms with van der Waals surface area (Å²) in [6.45, 7) is 9.73. The fourth-order valence-electron chi connectivity index (χ4n) is 0.901. The normalized spacial score (nSPS) is 8.21. The first-order valence-corrected chi connectivity index (χ1v) is 5.29. The monoisotopic (exact) mass is 251 g/mol. The average Bonchev–Trinajstić information content (AvgIpc) is 2.20. The Hall–Kier alpha value is -1.07. The Morgan fingerprint density at radius 2 is 1.93 bits per heavy atom. The van der Waals surface area contributed by atoms with Gasteiger partial charge >= 0.3 is 0 Å². The summed E-state index contributed by atoms with van der Waals surface area (Å²) in [7, 11) is 0. The summed E-state index contributed by atoms with van der Waals surface area (Å²) in [5, 5.41) is 8.67. The highest BCUT2D eigenvalue weighted by atomic mass is 79.9. The molecule has 14 heavy (non-hydrogen) atoms. The third kappa shape index (κ3) is 3.76. The summed E-state index contributed by atoms with van der Waals surface area (Å²) in [5.74, 6) is 0. The predicted molar refractivity (Wildman–Crippen MR) is 64.9 cm³/mol. The van der Waals surface area contributed by atoms with Crippen molar-refractivity contribution >= 4 is 21.5 Å². The molecule has 2 heteroatoms. The molecule has 1 rings (SSSR count). The molecule has 1 aromatic rings. The molecule has 0 amide bonds. The molecule has 0 aliphatic carbocycles. The summed E-state index contributed by atoms with van der Waals surface area (Å²) in [6, 6.07) is 7.65. The molecule has 0 unspecified atom stereocenters. The summed E-state index contributed by atoms with van der Waals surface area (Å²) >= 11 is 3.33. The quantitative estimate of drug-likeness (QED) is 0.727. The van der Waals surface area contributed by atoms with Gasteiger partial charge in [-0.2, -0.15) is 5.26 Å². The van der Waals surface area contributed by atoms with Crippen molar-refractivity contribution < 1.29 is 0 Å². The van der Waals surface area contributed by atoms with Crippen molar-refractivity contribution in [3.63, 3.8) is 0 Å².